The monoisotopic (exact) mass is 198 g/mol. The van der Waals surface area contributed by atoms with Crippen LogP contribution in [-0.4, -0.2) is 39.4 Å². The third kappa shape index (κ3) is 1.97. The first-order valence-corrected chi connectivity index (χ1v) is 5.30. The van der Waals surface area contributed by atoms with E-state index >= 15 is 0 Å². The number of hydrogen-bond donors (Lipinski definition) is 1. The molecule has 0 unspecified atom stereocenters. The Kier molecular flexibility index (Phi) is 2.46. The maximum atomic E-state index is 4.09. The van der Waals surface area contributed by atoms with Crippen molar-refractivity contribution in [3.8, 4) is 0 Å². The van der Waals surface area contributed by atoms with Gasteiger partial charge >= 0.3 is 0 Å². The standard InChI is InChI=1S/C8H14N4S/c1-6(2)12-3-7(4-12)11-8-9-5-10-13-8/h5-7H,3-4H2,1-2H3,(H,9,10,11). The number of nitrogens with zero attached hydrogens (tertiary/aromatic N) is 3. The number of likely N-dealkylation sites (tertiary alicyclic amines) is 1. The summed E-state index contributed by atoms with van der Waals surface area (Å²) in [5, 5.41) is 4.28. The predicted molar refractivity (Wildman–Crippen MR) is 54.0 cm³/mol. The van der Waals surface area contributed by atoms with Crippen molar-refractivity contribution in [3.05, 3.63) is 6.33 Å². The quantitative estimate of drug-likeness (QED) is 0.788. The highest BCUT2D eigenvalue weighted by Crippen LogP contribution is 2.17. The number of aromatic nitrogens is 2. The van der Waals surface area contributed by atoms with Crippen LogP contribution in [0.2, 0.25) is 0 Å². The minimum absolute atomic E-state index is 0.565. The molecule has 1 fully saturated rings. The summed E-state index contributed by atoms with van der Waals surface area (Å²) in [5.74, 6) is 0. The molecule has 13 heavy (non-hydrogen) atoms. The van der Waals surface area contributed by atoms with Crippen LogP contribution in [0.3, 0.4) is 0 Å². The molecule has 1 aromatic rings. The van der Waals surface area contributed by atoms with Crippen LogP contribution in [0.1, 0.15) is 13.8 Å². The molecular weight excluding hydrogens is 184 g/mol. The van der Waals surface area contributed by atoms with Crippen LogP contribution in [0.15, 0.2) is 6.33 Å². The van der Waals surface area contributed by atoms with Gasteiger partial charge in [-0.3, -0.25) is 4.90 Å². The third-order valence-corrected chi connectivity index (χ3v) is 2.92. The predicted octanol–water partition coefficient (Wildman–Crippen LogP) is 1.04. The molecule has 2 rings (SSSR count). The lowest BCUT2D eigenvalue weighted by molar-refractivity contribution is 0.122. The van der Waals surface area contributed by atoms with Gasteiger partial charge in [0.25, 0.3) is 0 Å². The highest BCUT2D eigenvalue weighted by Gasteiger charge is 2.28. The Morgan fingerprint density at radius 1 is 1.62 bits per heavy atom. The molecule has 0 spiro atoms. The van der Waals surface area contributed by atoms with E-state index in [1.54, 1.807) is 6.33 Å². The molecule has 1 aliphatic heterocycles. The van der Waals surface area contributed by atoms with Gasteiger partial charge in [0, 0.05) is 30.7 Å². The molecule has 0 bridgehead atoms. The molecule has 0 amide bonds. The Labute approximate surface area is 82.1 Å². The first-order valence-electron chi connectivity index (χ1n) is 4.53. The normalized spacial score (nSPS) is 19.0. The van der Waals surface area contributed by atoms with E-state index in [0.717, 1.165) is 18.2 Å². The van der Waals surface area contributed by atoms with Crippen LogP contribution >= 0.6 is 11.5 Å². The average Bonchev–Trinajstić information content (AvgIpc) is 2.46. The van der Waals surface area contributed by atoms with Crippen LogP contribution in [0.5, 0.6) is 0 Å². The van der Waals surface area contributed by atoms with Crippen molar-refractivity contribution in [2.45, 2.75) is 25.9 Å². The lowest BCUT2D eigenvalue weighted by Gasteiger charge is -2.42. The molecule has 0 aliphatic carbocycles. The number of anilines is 1. The van der Waals surface area contributed by atoms with E-state index < -0.39 is 0 Å². The van der Waals surface area contributed by atoms with Crippen molar-refractivity contribution in [2.24, 2.45) is 0 Å². The fraction of sp³-hybridized carbons (Fsp3) is 0.750. The van der Waals surface area contributed by atoms with Crippen molar-refractivity contribution in [1.29, 1.82) is 0 Å². The Balaban J connectivity index is 1.76. The summed E-state index contributed by atoms with van der Waals surface area (Å²) >= 11 is 1.42. The zero-order chi connectivity index (χ0) is 9.26. The van der Waals surface area contributed by atoms with E-state index in [1.807, 2.05) is 0 Å². The second-order valence-corrected chi connectivity index (χ2v) is 4.42. The first-order chi connectivity index (χ1) is 6.25. The van der Waals surface area contributed by atoms with Crippen LogP contribution in [0.4, 0.5) is 5.13 Å². The Bertz CT molecular complexity index is 253. The van der Waals surface area contributed by atoms with Gasteiger partial charge in [0.05, 0.1) is 6.04 Å². The van der Waals surface area contributed by atoms with Gasteiger partial charge in [0.15, 0.2) is 0 Å². The summed E-state index contributed by atoms with van der Waals surface area (Å²) in [7, 11) is 0. The zero-order valence-electron chi connectivity index (χ0n) is 7.90. The molecule has 1 N–H and O–H groups in total. The van der Waals surface area contributed by atoms with E-state index in [2.05, 4.69) is 33.4 Å². The van der Waals surface area contributed by atoms with Crippen LogP contribution in [0, 0.1) is 0 Å². The molecule has 72 valence electrons. The van der Waals surface area contributed by atoms with Gasteiger partial charge in [-0.05, 0) is 13.8 Å². The smallest absolute Gasteiger partial charge is 0.202 e. The van der Waals surface area contributed by atoms with E-state index in [1.165, 1.54) is 11.5 Å². The first kappa shape index (κ1) is 8.90. The molecule has 5 heteroatoms. The molecule has 0 radical (unpaired) electrons. The summed E-state index contributed by atoms with van der Waals surface area (Å²) in [5.41, 5.74) is 0. The van der Waals surface area contributed by atoms with Crippen LogP contribution in [0.25, 0.3) is 0 Å². The van der Waals surface area contributed by atoms with Crippen molar-refractivity contribution in [3.63, 3.8) is 0 Å². The van der Waals surface area contributed by atoms with Crippen LogP contribution in [-0.2, 0) is 0 Å². The average molecular weight is 198 g/mol. The van der Waals surface area contributed by atoms with Gasteiger partial charge in [0.2, 0.25) is 5.13 Å². The Hall–Kier alpha value is -0.680. The molecule has 0 saturated carbocycles. The molecule has 1 aromatic heterocycles. The van der Waals surface area contributed by atoms with Crippen molar-refractivity contribution in [1.82, 2.24) is 14.3 Å². The molecule has 4 nitrogen and oxygen atoms in total. The molecule has 0 atom stereocenters. The van der Waals surface area contributed by atoms with E-state index in [9.17, 15) is 0 Å². The van der Waals surface area contributed by atoms with Gasteiger partial charge in [-0.2, -0.15) is 4.37 Å². The van der Waals surface area contributed by atoms with Gasteiger partial charge < -0.3 is 5.32 Å². The third-order valence-electron chi connectivity index (χ3n) is 2.33. The number of hydrogen-bond acceptors (Lipinski definition) is 5. The van der Waals surface area contributed by atoms with Crippen LogP contribution < -0.4 is 5.32 Å². The molecule has 0 aromatic carbocycles. The molecule has 1 saturated heterocycles. The highest BCUT2D eigenvalue weighted by atomic mass is 32.1. The second-order valence-electron chi connectivity index (χ2n) is 3.64. The fourth-order valence-corrected chi connectivity index (χ4v) is 1.94. The van der Waals surface area contributed by atoms with Crippen molar-refractivity contribution in [2.75, 3.05) is 18.4 Å². The molecule has 1 aliphatic rings. The summed E-state index contributed by atoms with van der Waals surface area (Å²) in [6.45, 7) is 6.69. The zero-order valence-corrected chi connectivity index (χ0v) is 8.71. The van der Waals surface area contributed by atoms with Crippen molar-refractivity contribution >= 4 is 16.7 Å². The summed E-state index contributed by atoms with van der Waals surface area (Å²) in [6.07, 6.45) is 1.59. The second kappa shape index (κ2) is 3.59. The SMILES string of the molecule is CC(C)N1CC(Nc2ncns2)C1. The fourth-order valence-electron chi connectivity index (χ4n) is 1.44. The van der Waals surface area contributed by atoms with Crippen molar-refractivity contribution < 1.29 is 0 Å². The minimum Gasteiger partial charge on any atom is -0.355 e. The van der Waals surface area contributed by atoms with E-state index in [4.69, 9.17) is 0 Å². The van der Waals surface area contributed by atoms with Gasteiger partial charge in [-0.25, -0.2) is 4.98 Å². The van der Waals surface area contributed by atoms with E-state index in [-0.39, 0.29) is 0 Å². The lowest BCUT2D eigenvalue weighted by atomic mass is 10.1. The Morgan fingerprint density at radius 3 is 2.92 bits per heavy atom. The summed E-state index contributed by atoms with van der Waals surface area (Å²) < 4.78 is 3.94. The van der Waals surface area contributed by atoms with Gasteiger partial charge in [-0.1, -0.05) is 0 Å². The van der Waals surface area contributed by atoms with Gasteiger partial charge in [-0.15, -0.1) is 0 Å². The van der Waals surface area contributed by atoms with E-state index in [0.29, 0.717) is 12.1 Å². The summed E-state index contributed by atoms with van der Waals surface area (Å²) in [6, 6.07) is 1.22. The van der Waals surface area contributed by atoms with Gasteiger partial charge in [0.1, 0.15) is 6.33 Å². The number of nitrogens with one attached hydrogen (secondary N) is 1. The highest BCUT2D eigenvalue weighted by molar-refractivity contribution is 7.09. The maximum Gasteiger partial charge on any atom is 0.202 e. The largest absolute Gasteiger partial charge is 0.355 e. The minimum atomic E-state index is 0.565. The number of rotatable bonds is 3. The lowest BCUT2D eigenvalue weighted by Crippen LogP contribution is -2.57. The topological polar surface area (TPSA) is 41.0 Å². The summed E-state index contributed by atoms with van der Waals surface area (Å²) in [4.78, 5) is 6.51. The maximum absolute atomic E-state index is 4.09. The molecule has 2 heterocycles. The molecular formula is C8H14N4S. The Morgan fingerprint density at radius 2 is 2.38 bits per heavy atom.